The predicted octanol–water partition coefficient (Wildman–Crippen LogP) is 3.41. The van der Waals surface area contributed by atoms with Gasteiger partial charge in [-0.2, -0.15) is 0 Å². The predicted molar refractivity (Wildman–Crippen MR) is 81.4 cm³/mol. The molecular weight excluding hydrogens is 318 g/mol. The van der Waals surface area contributed by atoms with Gasteiger partial charge >= 0.3 is 5.69 Å². The van der Waals surface area contributed by atoms with Crippen LogP contribution >= 0.6 is 10.7 Å². The Morgan fingerprint density at radius 1 is 1.24 bits per heavy atom. The number of aryl methyl sites for hydroxylation is 1. The number of nitro benzene ring substituents is 1. The van der Waals surface area contributed by atoms with Crippen LogP contribution in [0.3, 0.4) is 0 Å². The molecule has 0 fully saturated rings. The molecule has 0 aromatic heterocycles. The third-order valence-corrected chi connectivity index (χ3v) is 4.16. The zero-order valence-electron chi connectivity index (χ0n) is 11.7. The van der Waals surface area contributed by atoms with Gasteiger partial charge in [-0.3, -0.25) is 10.1 Å². The summed E-state index contributed by atoms with van der Waals surface area (Å²) in [7, 11) is 1.69. The molecule has 0 aliphatic heterocycles. The third-order valence-electron chi connectivity index (χ3n) is 2.92. The highest BCUT2D eigenvalue weighted by atomic mass is 35.7. The Kier molecular flexibility index (Phi) is 6.91. The Balaban J connectivity index is 2.34. The van der Waals surface area contributed by atoms with Gasteiger partial charge in [-0.15, -0.1) is 0 Å². The monoisotopic (exact) mass is 335 g/mol. The van der Waals surface area contributed by atoms with Gasteiger partial charge in [0.25, 0.3) is 0 Å². The number of nitrogens with zero attached hydrogens (tertiary/aromatic N) is 1. The van der Waals surface area contributed by atoms with Crippen molar-refractivity contribution in [1.82, 2.24) is 0 Å². The second-order valence-electron chi connectivity index (χ2n) is 4.68. The smallest absolute Gasteiger partial charge is 0.313 e. The summed E-state index contributed by atoms with van der Waals surface area (Å²) in [6.45, 7) is 2.02. The van der Waals surface area contributed by atoms with Gasteiger partial charge in [0, 0.05) is 16.2 Å². The molecule has 118 valence electrons. The summed E-state index contributed by atoms with van der Waals surface area (Å²) in [5, 5.41) is 11.0. The molecule has 0 saturated carbocycles. The van der Waals surface area contributed by atoms with Gasteiger partial charge in [-0.25, -0.2) is 8.42 Å². The molecule has 0 radical (unpaired) electrons. The summed E-state index contributed by atoms with van der Waals surface area (Å²) in [6, 6.07) is 4.95. The van der Waals surface area contributed by atoms with Crippen LogP contribution in [0.2, 0.25) is 0 Å². The van der Waals surface area contributed by atoms with Crippen molar-refractivity contribution in [2.24, 2.45) is 0 Å². The second-order valence-corrected chi connectivity index (χ2v) is 7.58. The van der Waals surface area contributed by atoms with E-state index in [1.807, 2.05) is 0 Å². The van der Waals surface area contributed by atoms with Crippen LogP contribution in [0.15, 0.2) is 18.2 Å². The maximum Gasteiger partial charge on any atom is 0.313 e. The molecular formula is C13H18ClNO5S. The topological polar surface area (TPSA) is 86.5 Å². The third kappa shape index (κ3) is 6.77. The van der Waals surface area contributed by atoms with Gasteiger partial charge < -0.3 is 4.74 Å². The molecule has 0 bridgehead atoms. The van der Waals surface area contributed by atoms with Crippen molar-refractivity contribution in [2.75, 3.05) is 12.4 Å². The van der Waals surface area contributed by atoms with Crippen LogP contribution in [-0.4, -0.2) is 25.7 Å². The van der Waals surface area contributed by atoms with E-state index >= 15 is 0 Å². The lowest BCUT2D eigenvalue weighted by molar-refractivity contribution is -0.386. The van der Waals surface area contributed by atoms with Crippen molar-refractivity contribution in [3.8, 4) is 5.75 Å². The summed E-state index contributed by atoms with van der Waals surface area (Å²) >= 11 is 0. The number of ether oxygens (including phenoxy) is 1. The standard InChI is InChI=1S/C13H18ClNO5S/c1-11-7-6-8-12(13(11)15(16)17)20-9-4-2-3-5-10-21(14,18)19/h6-8H,2-5,9-10H2,1H3. The maximum absolute atomic E-state index is 11.0. The van der Waals surface area contributed by atoms with Crippen LogP contribution in [0.1, 0.15) is 31.2 Å². The van der Waals surface area contributed by atoms with Gasteiger partial charge in [0.05, 0.1) is 17.3 Å². The van der Waals surface area contributed by atoms with E-state index in [0.29, 0.717) is 25.0 Å². The molecule has 0 atom stereocenters. The fourth-order valence-electron chi connectivity index (χ4n) is 1.89. The van der Waals surface area contributed by atoms with Gasteiger partial charge in [0.1, 0.15) is 0 Å². The van der Waals surface area contributed by atoms with E-state index in [2.05, 4.69) is 0 Å². The van der Waals surface area contributed by atoms with E-state index in [-0.39, 0.29) is 17.2 Å². The molecule has 21 heavy (non-hydrogen) atoms. The van der Waals surface area contributed by atoms with E-state index in [4.69, 9.17) is 15.4 Å². The lowest BCUT2D eigenvalue weighted by atomic mass is 10.2. The lowest BCUT2D eigenvalue weighted by Gasteiger charge is -2.08. The molecule has 0 amide bonds. The van der Waals surface area contributed by atoms with Gasteiger partial charge in [0.15, 0.2) is 5.75 Å². The Hall–Kier alpha value is -1.34. The number of nitro groups is 1. The first-order chi connectivity index (χ1) is 9.81. The molecule has 1 aromatic rings. The SMILES string of the molecule is Cc1cccc(OCCCCCCS(=O)(=O)Cl)c1[N+](=O)[O-]. The minimum Gasteiger partial charge on any atom is -0.487 e. The molecule has 1 rings (SSSR count). The summed E-state index contributed by atoms with van der Waals surface area (Å²) in [5.74, 6) is 0.238. The zero-order valence-corrected chi connectivity index (χ0v) is 13.3. The minimum atomic E-state index is -3.41. The normalized spacial score (nSPS) is 11.3. The van der Waals surface area contributed by atoms with Crippen LogP contribution < -0.4 is 4.74 Å². The van der Waals surface area contributed by atoms with Gasteiger partial charge in [-0.05, 0) is 25.8 Å². The fraction of sp³-hybridized carbons (Fsp3) is 0.538. The summed E-state index contributed by atoms with van der Waals surface area (Å²) in [6.07, 6.45) is 2.72. The van der Waals surface area contributed by atoms with Crippen molar-refractivity contribution in [2.45, 2.75) is 32.6 Å². The number of hydrogen-bond acceptors (Lipinski definition) is 5. The second kappa shape index (κ2) is 8.19. The Bertz CT molecular complexity index is 588. The maximum atomic E-state index is 11.0. The van der Waals surface area contributed by atoms with E-state index < -0.39 is 14.0 Å². The van der Waals surface area contributed by atoms with Crippen LogP contribution in [0.25, 0.3) is 0 Å². The Morgan fingerprint density at radius 2 is 1.90 bits per heavy atom. The number of benzene rings is 1. The molecule has 0 N–H and O–H groups in total. The van der Waals surface area contributed by atoms with E-state index in [1.165, 1.54) is 0 Å². The summed E-state index contributed by atoms with van der Waals surface area (Å²) in [5.41, 5.74) is 0.551. The van der Waals surface area contributed by atoms with Crippen molar-refractivity contribution in [1.29, 1.82) is 0 Å². The molecule has 0 heterocycles. The first-order valence-electron chi connectivity index (χ1n) is 6.60. The zero-order chi connectivity index (χ0) is 15.9. The van der Waals surface area contributed by atoms with Crippen molar-refractivity contribution < 1.29 is 18.1 Å². The van der Waals surface area contributed by atoms with Crippen LogP contribution in [0.4, 0.5) is 5.69 Å². The Labute approximate surface area is 128 Å². The highest BCUT2D eigenvalue weighted by Gasteiger charge is 2.17. The molecule has 6 nitrogen and oxygen atoms in total. The van der Waals surface area contributed by atoms with Crippen LogP contribution in [0, 0.1) is 17.0 Å². The quantitative estimate of drug-likeness (QED) is 0.299. The highest BCUT2D eigenvalue weighted by Crippen LogP contribution is 2.30. The van der Waals surface area contributed by atoms with E-state index in [0.717, 1.165) is 12.8 Å². The first kappa shape index (κ1) is 17.7. The number of para-hydroxylation sites is 1. The number of unbranched alkanes of at least 4 members (excludes halogenated alkanes) is 3. The summed E-state index contributed by atoms with van der Waals surface area (Å²) < 4.78 is 26.9. The van der Waals surface area contributed by atoms with Crippen LogP contribution in [0.5, 0.6) is 5.75 Å². The lowest BCUT2D eigenvalue weighted by Crippen LogP contribution is -2.02. The molecule has 0 saturated heterocycles. The molecule has 0 spiro atoms. The summed E-state index contributed by atoms with van der Waals surface area (Å²) in [4.78, 5) is 10.5. The van der Waals surface area contributed by atoms with Gasteiger partial charge in [-0.1, -0.05) is 25.0 Å². The fourth-order valence-corrected chi connectivity index (χ4v) is 2.77. The largest absolute Gasteiger partial charge is 0.487 e. The highest BCUT2D eigenvalue weighted by molar-refractivity contribution is 8.13. The average molecular weight is 336 g/mol. The van der Waals surface area contributed by atoms with E-state index in [1.54, 1.807) is 25.1 Å². The molecule has 8 heteroatoms. The van der Waals surface area contributed by atoms with Crippen molar-refractivity contribution in [3.63, 3.8) is 0 Å². The number of rotatable bonds is 9. The Morgan fingerprint density at radius 3 is 2.52 bits per heavy atom. The minimum absolute atomic E-state index is 0.00858. The van der Waals surface area contributed by atoms with Crippen molar-refractivity contribution >= 4 is 25.4 Å². The van der Waals surface area contributed by atoms with Gasteiger partial charge in [0.2, 0.25) is 9.05 Å². The average Bonchev–Trinajstić information content (AvgIpc) is 2.35. The molecule has 0 aliphatic carbocycles. The molecule has 1 aromatic carbocycles. The first-order valence-corrected chi connectivity index (χ1v) is 9.08. The van der Waals surface area contributed by atoms with E-state index in [9.17, 15) is 18.5 Å². The van der Waals surface area contributed by atoms with Crippen molar-refractivity contribution in [3.05, 3.63) is 33.9 Å². The molecule has 0 aliphatic rings. The number of halogens is 1. The van der Waals surface area contributed by atoms with Crippen LogP contribution in [-0.2, 0) is 9.05 Å². The molecule has 0 unspecified atom stereocenters. The number of hydrogen-bond donors (Lipinski definition) is 0.